The Bertz CT molecular complexity index is 276. The minimum atomic E-state index is -4.16. The lowest BCUT2D eigenvalue weighted by Gasteiger charge is -2.15. The normalized spacial score (nSPS) is 14.2. The van der Waals surface area contributed by atoms with Crippen LogP contribution in [0.1, 0.15) is 18.4 Å². The van der Waals surface area contributed by atoms with Crippen LogP contribution in [0.2, 0.25) is 0 Å². The number of rotatable bonds is 1. The number of halogens is 4. The summed E-state index contributed by atoms with van der Waals surface area (Å²) in [5.41, 5.74) is 0.288. The van der Waals surface area contributed by atoms with Gasteiger partial charge in [0.1, 0.15) is 0 Å². The maximum Gasteiger partial charge on any atom is 0.395 e. The van der Waals surface area contributed by atoms with Crippen molar-refractivity contribution in [1.29, 1.82) is 0 Å². The van der Waals surface area contributed by atoms with Gasteiger partial charge in [0, 0.05) is 4.47 Å². The van der Waals surface area contributed by atoms with E-state index in [1.54, 1.807) is 12.1 Å². The van der Waals surface area contributed by atoms with E-state index < -0.39 is 12.1 Å². The highest BCUT2D eigenvalue weighted by atomic mass is 79.9. The Hall–Kier alpha value is -0.510. The van der Waals surface area contributed by atoms with Gasteiger partial charge in [-0.3, -0.25) is 0 Å². The molecule has 1 rings (SSSR count). The summed E-state index contributed by atoms with van der Waals surface area (Å²) in [7, 11) is 0. The van der Waals surface area contributed by atoms with Crippen LogP contribution in [0.25, 0.3) is 0 Å². The quantitative estimate of drug-likeness (QED) is 0.706. The summed E-state index contributed by atoms with van der Waals surface area (Å²) in [6, 6.07) is 6.17. The minimum absolute atomic E-state index is 0.288. The molecule has 0 saturated carbocycles. The molecule has 4 heteroatoms. The first-order valence-electron chi connectivity index (χ1n) is 3.73. The molecule has 0 nitrogen and oxygen atoms in total. The van der Waals surface area contributed by atoms with E-state index in [2.05, 4.69) is 15.9 Å². The molecular formula is C9H8BrF3. The number of hydrogen-bond donors (Lipinski definition) is 0. The summed E-state index contributed by atoms with van der Waals surface area (Å²) in [5.74, 6) is -1.40. The summed E-state index contributed by atoms with van der Waals surface area (Å²) in [6.45, 7) is 1.16. The van der Waals surface area contributed by atoms with Crippen LogP contribution >= 0.6 is 15.9 Å². The smallest absolute Gasteiger partial charge is 0.170 e. The molecule has 0 fully saturated rings. The molecule has 0 aliphatic carbocycles. The molecule has 1 aromatic carbocycles. The van der Waals surface area contributed by atoms with Gasteiger partial charge in [0.05, 0.1) is 5.92 Å². The summed E-state index contributed by atoms with van der Waals surface area (Å²) in [6.07, 6.45) is -4.16. The van der Waals surface area contributed by atoms with Crippen molar-refractivity contribution in [2.45, 2.75) is 19.0 Å². The van der Waals surface area contributed by atoms with Crippen molar-refractivity contribution in [3.8, 4) is 0 Å². The predicted molar refractivity (Wildman–Crippen MR) is 48.6 cm³/mol. The molecule has 1 aromatic rings. The van der Waals surface area contributed by atoms with Crippen molar-refractivity contribution < 1.29 is 13.2 Å². The zero-order chi connectivity index (χ0) is 10.1. The Balaban J connectivity index is 2.90. The molecule has 0 amide bonds. The zero-order valence-corrected chi connectivity index (χ0v) is 8.48. The molecule has 0 spiro atoms. The van der Waals surface area contributed by atoms with E-state index in [9.17, 15) is 13.2 Å². The second-order valence-corrected chi connectivity index (χ2v) is 3.73. The Kier molecular flexibility index (Phi) is 3.01. The third kappa shape index (κ3) is 2.72. The first kappa shape index (κ1) is 10.6. The Morgan fingerprint density at radius 1 is 1.15 bits per heavy atom. The van der Waals surface area contributed by atoms with E-state index in [0.29, 0.717) is 0 Å². The van der Waals surface area contributed by atoms with Gasteiger partial charge in [-0.2, -0.15) is 13.2 Å². The van der Waals surface area contributed by atoms with Gasteiger partial charge < -0.3 is 0 Å². The topological polar surface area (TPSA) is 0 Å². The van der Waals surface area contributed by atoms with Gasteiger partial charge in [-0.15, -0.1) is 0 Å². The van der Waals surface area contributed by atoms with Crippen LogP contribution in [-0.4, -0.2) is 6.18 Å². The molecule has 0 aliphatic heterocycles. The molecule has 0 unspecified atom stereocenters. The maximum absolute atomic E-state index is 12.2. The van der Waals surface area contributed by atoms with Crippen molar-refractivity contribution in [3.05, 3.63) is 34.3 Å². The van der Waals surface area contributed by atoms with Crippen molar-refractivity contribution in [2.75, 3.05) is 0 Å². The van der Waals surface area contributed by atoms with E-state index in [-0.39, 0.29) is 5.56 Å². The fourth-order valence-electron chi connectivity index (χ4n) is 0.940. The molecule has 13 heavy (non-hydrogen) atoms. The Morgan fingerprint density at radius 3 is 2.00 bits per heavy atom. The standard InChI is InChI=1S/C9H8BrF3/c1-6(9(11,12)13)7-2-4-8(10)5-3-7/h2-6H,1H3/t6-/m0/s1. The zero-order valence-electron chi connectivity index (χ0n) is 6.90. The molecule has 1 atom stereocenters. The molecule has 0 saturated heterocycles. The SMILES string of the molecule is C[C@@H](c1ccc(Br)cc1)C(F)(F)F. The van der Waals surface area contributed by atoms with Crippen LogP contribution in [0.4, 0.5) is 13.2 Å². The Labute approximate surface area is 82.9 Å². The molecule has 0 aromatic heterocycles. The number of alkyl halides is 3. The largest absolute Gasteiger partial charge is 0.395 e. The molecule has 0 aliphatic rings. The summed E-state index contributed by atoms with van der Waals surface area (Å²) in [4.78, 5) is 0. The third-order valence-electron chi connectivity index (χ3n) is 1.86. The van der Waals surface area contributed by atoms with E-state index in [1.165, 1.54) is 12.1 Å². The lowest BCUT2D eigenvalue weighted by atomic mass is 10.0. The maximum atomic E-state index is 12.2. The van der Waals surface area contributed by atoms with E-state index in [0.717, 1.165) is 11.4 Å². The van der Waals surface area contributed by atoms with Crippen molar-refractivity contribution in [2.24, 2.45) is 0 Å². The van der Waals surface area contributed by atoms with Crippen molar-refractivity contribution in [1.82, 2.24) is 0 Å². The molecule has 0 heterocycles. The van der Waals surface area contributed by atoms with Gasteiger partial charge in [0.2, 0.25) is 0 Å². The second-order valence-electron chi connectivity index (χ2n) is 2.81. The highest BCUT2D eigenvalue weighted by molar-refractivity contribution is 9.10. The lowest BCUT2D eigenvalue weighted by molar-refractivity contribution is -0.146. The average Bonchev–Trinajstić information content (AvgIpc) is 2.03. The van der Waals surface area contributed by atoms with Crippen molar-refractivity contribution >= 4 is 15.9 Å². The van der Waals surface area contributed by atoms with Gasteiger partial charge in [-0.25, -0.2) is 0 Å². The van der Waals surface area contributed by atoms with Gasteiger partial charge in [-0.1, -0.05) is 28.1 Å². The minimum Gasteiger partial charge on any atom is -0.170 e. The van der Waals surface area contributed by atoms with E-state index >= 15 is 0 Å². The Morgan fingerprint density at radius 2 is 1.62 bits per heavy atom. The van der Waals surface area contributed by atoms with Crippen LogP contribution in [0.5, 0.6) is 0 Å². The summed E-state index contributed by atoms with van der Waals surface area (Å²) >= 11 is 3.16. The highest BCUT2D eigenvalue weighted by Crippen LogP contribution is 2.34. The third-order valence-corrected chi connectivity index (χ3v) is 2.39. The molecule has 0 bridgehead atoms. The predicted octanol–water partition coefficient (Wildman–Crippen LogP) is 4.11. The molecule has 72 valence electrons. The first-order chi connectivity index (χ1) is 5.91. The average molecular weight is 253 g/mol. The van der Waals surface area contributed by atoms with E-state index in [4.69, 9.17) is 0 Å². The van der Waals surface area contributed by atoms with Crippen LogP contribution in [0.15, 0.2) is 28.7 Å². The van der Waals surface area contributed by atoms with Gasteiger partial charge >= 0.3 is 6.18 Å². The van der Waals surface area contributed by atoms with E-state index in [1.807, 2.05) is 0 Å². The van der Waals surface area contributed by atoms with Crippen LogP contribution in [0, 0.1) is 0 Å². The van der Waals surface area contributed by atoms with Crippen molar-refractivity contribution in [3.63, 3.8) is 0 Å². The van der Waals surface area contributed by atoms with Gasteiger partial charge in [-0.05, 0) is 24.6 Å². The molecular weight excluding hydrogens is 245 g/mol. The van der Waals surface area contributed by atoms with Gasteiger partial charge in [0.25, 0.3) is 0 Å². The van der Waals surface area contributed by atoms with Gasteiger partial charge in [0.15, 0.2) is 0 Å². The highest BCUT2D eigenvalue weighted by Gasteiger charge is 2.36. The number of benzene rings is 1. The lowest BCUT2D eigenvalue weighted by Crippen LogP contribution is -2.17. The fourth-order valence-corrected chi connectivity index (χ4v) is 1.20. The van der Waals surface area contributed by atoms with Crippen LogP contribution in [-0.2, 0) is 0 Å². The fraction of sp³-hybridized carbons (Fsp3) is 0.333. The second kappa shape index (κ2) is 3.70. The number of hydrogen-bond acceptors (Lipinski definition) is 0. The monoisotopic (exact) mass is 252 g/mol. The molecule has 0 radical (unpaired) electrons. The van der Waals surface area contributed by atoms with Crippen LogP contribution in [0.3, 0.4) is 0 Å². The summed E-state index contributed by atoms with van der Waals surface area (Å²) < 4.78 is 37.5. The summed E-state index contributed by atoms with van der Waals surface area (Å²) in [5, 5.41) is 0. The van der Waals surface area contributed by atoms with Crippen LogP contribution < -0.4 is 0 Å². The molecule has 0 N–H and O–H groups in total. The first-order valence-corrected chi connectivity index (χ1v) is 4.52.